The van der Waals surface area contributed by atoms with Gasteiger partial charge in [0.15, 0.2) is 0 Å². The topological polar surface area (TPSA) is 0 Å². The summed E-state index contributed by atoms with van der Waals surface area (Å²) in [6, 6.07) is 17.8. The third-order valence-corrected chi connectivity index (χ3v) is 4.30. The first kappa shape index (κ1) is 9.47. The van der Waals surface area contributed by atoms with Crippen LogP contribution in [0.3, 0.4) is 0 Å². The molecule has 2 aromatic rings. The van der Waals surface area contributed by atoms with E-state index in [4.69, 9.17) is 0 Å². The minimum atomic E-state index is 0.704. The number of rotatable bonds is 1. The predicted octanol–water partition coefficient (Wildman–Crippen LogP) is 3.90. The van der Waals surface area contributed by atoms with Gasteiger partial charge in [-0.2, -0.15) is 0 Å². The maximum Gasteiger partial charge on any atom is 0.0134 e. The second kappa shape index (κ2) is 3.46. The van der Waals surface area contributed by atoms with E-state index in [0.29, 0.717) is 5.92 Å². The fourth-order valence-electron chi connectivity index (χ4n) is 3.39. The molecule has 0 heteroatoms. The number of benzene rings is 2. The molecule has 0 nitrogen and oxygen atoms in total. The van der Waals surface area contributed by atoms with Crippen LogP contribution in [0.1, 0.15) is 34.6 Å². The fraction of sp³-hybridized carbons (Fsp3) is 0.235. The van der Waals surface area contributed by atoms with Crippen molar-refractivity contribution in [2.45, 2.75) is 25.2 Å². The van der Waals surface area contributed by atoms with Crippen molar-refractivity contribution >= 4 is 0 Å². The van der Waals surface area contributed by atoms with Crippen LogP contribution in [0.2, 0.25) is 0 Å². The van der Waals surface area contributed by atoms with Gasteiger partial charge in [-0.1, -0.05) is 48.5 Å². The van der Waals surface area contributed by atoms with Crippen LogP contribution < -0.4 is 0 Å². The van der Waals surface area contributed by atoms with Gasteiger partial charge in [0, 0.05) is 5.92 Å². The molecule has 0 heterocycles. The van der Waals surface area contributed by atoms with E-state index in [1.54, 1.807) is 22.6 Å². The molecule has 4 rings (SSSR count). The zero-order chi connectivity index (χ0) is 11.2. The van der Waals surface area contributed by atoms with Crippen LogP contribution in [0.4, 0.5) is 0 Å². The van der Waals surface area contributed by atoms with Gasteiger partial charge in [0.1, 0.15) is 0 Å². The Hall–Kier alpha value is -1.56. The van der Waals surface area contributed by atoms with Crippen molar-refractivity contribution in [3.8, 4) is 0 Å². The van der Waals surface area contributed by atoms with E-state index in [2.05, 4.69) is 48.5 Å². The van der Waals surface area contributed by atoms with Crippen molar-refractivity contribution in [2.24, 2.45) is 0 Å². The highest BCUT2D eigenvalue weighted by atomic mass is 14.4. The van der Waals surface area contributed by atoms with Crippen molar-refractivity contribution in [1.29, 1.82) is 0 Å². The van der Waals surface area contributed by atoms with Crippen LogP contribution in [-0.4, -0.2) is 0 Å². The highest BCUT2D eigenvalue weighted by molar-refractivity contribution is 5.54. The molecule has 17 heavy (non-hydrogen) atoms. The number of aryl methyl sites for hydroxylation is 1. The summed E-state index contributed by atoms with van der Waals surface area (Å²) >= 11 is 0. The SMILES string of the molecule is c1ccc2c(c1)CC[C]2C1Cc2ccccc21. The lowest BCUT2D eigenvalue weighted by Gasteiger charge is -2.34. The first-order chi connectivity index (χ1) is 8.43. The zero-order valence-electron chi connectivity index (χ0n) is 9.82. The summed E-state index contributed by atoms with van der Waals surface area (Å²) in [5.74, 6) is 2.38. The Bertz CT molecular complexity index is 568. The zero-order valence-corrected chi connectivity index (χ0v) is 9.82. The summed E-state index contributed by atoms with van der Waals surface area (Å²) in [4.78, 5) is 0. The van der Waals surface area contributed by atoms with Gasteiger partial charge in [-0.3, -0.25) is 0 Å². The molecule has 1 radical (unpaired) electrons. The van der Waals surface area contributed by atoms with Crippen molar-refractivity contribution in [2.75, 3.05) is 0 Å². The maximum absolute atomic E-state index is 2.30. The molecule has 0 fully saturated rings. The van der Waals surface area contributed by atoms with E-state index in [0.717, 1.165) is 0 Å². The minimum absolute atomic E-state index is 0.704. The van der Waals surface area contributed by atoms with E-state index in [9.17, 15) is 0 Å². The first-order valence-corrected chi connectivity index (χ1v) is 6.45. The van der Waals surface area contributed by atoms with Crippen molar-refractivity contribution in [3.63, 3.8) is 0 Å². The van der Waals surface area contributed by atoms with E-state index >= 15 is 0 Å². The summed E-state index contributed by atoms with van der Waals surface area (Å²) in [6.45, 7) is 0. The molecule has 1 atom stereocenters. The Balaban J connectivity index is 1.72. The molecule has 2 aliphatic carbocycles. The summed E-state index contributed by atoms with van der Waals surface area (Å²) in [5, 5.41) is 0. The molecule has 0 N–H and O–H groups in total. The van der Waals surface area contributed by atoms with Gasteiger partial charge in [0.25, 0.3) is 0 Å². The van der Waals surface area contributed by atoms with E-state index < -0.39 is 0 Å². The Morgan fingerprint density at radius 3 is 2.41 bits per heavy atom. The Labute approximate surface area is 102 Å². The van der Waals surface area contributed by atoms with Crippen molar-refractivity contribution < 1.29 is 0 Å². The largest absolute Gasteiger partial charge is 0.0620 e. The first-order valence-electron chi connectivity index (χ1n) is 6.45. The minimum Gasteiger partial charge on any atom is -0.0620 e. The quantitative estimate of drug-likeness (QED) is 0.682. The summed E-state index contributed by atoms with van der Waals surface area (Å²) in [6.07, 6.45) is 3.75. The Kier molecular flexibility index (Phi) is 1.93. The van der Waals surface area contributed by atoms with Crippen LogP contribution in [0.15, 0.2) is 48.5 Å². The maximum atomic E-state index is 2.30. The molecular weight excluding hydrogens is 204 g/mol. The lowest BCUT2D eigenvalue weighted by molar-refractivity contribution is 0.614. The van der Waals surface area contributed by atoms with Crippen molar-refractivity contribution in [3.05, 3.63) is 76.7 Å². The van der Waals surface area contributed by atoms with Gasteiger partial charge in [-0.15, -0.1) is 0 Å². The van der Waals surface area contributed by atoms with Crippen molar-refractivity contribution in [1.82, 2.24) is 0 Å². The van der Waals surface area contributed by atoms with Crippen LogP contribution in [-0.2, 0) is 12.8 Å². The normalized spacial score (nSPS) is 21.8. The van der Waals surface area contributed by atoms with Crippen LogP contribution in [0.5, 0.6) is 0 Å². The number of hydrogen-bond donors (Lipinski definition) is 0. The smallest absolute Gasteiger partial charge is 0.0134 e. The molecule has 2 aromatic carbocycles. The highest BCUT2D eigenvalue weighted by Gasteiger charge is 2.37. The molecule has 0 saturated carbocycles. The highest BCUT2D eigenvalue weighted by Crippen LogP contribution is 2.49. The summed E-state index contributed by atoms with van der Waals surface area (Å²) in [5.41, 5.74) is 6.20. The Morgan fingerprint density at radius 2 is 1.53 bits per heavy atom. The third-order valence-electron chi connectivity index (χ3n) is 4.30. The molecule has 0 aromatic heterocycles. The van der Waals surface area contributed by atoms with Gasteiger partial charge in [0.05, 0.1) is 0 Å². The van der Waals surface area contributed by atoms with E-state index in [1.807, 2.05) is 0 Å². The van der Waals surface area contributed by atoms with Crippen LogP contribution in [0.25, 0.3) is 0 Å². The third kappa shape index (κ3) is 1.30. The lowest BCUT2D eigenvalue weighted by atomic mass is 9.69. The summed E-state index contributed by atoms with van der Waals surface area (Å²) < 4.78 is 0. The number of fused-ring (bicyclic) bond motifs is 2. The Morgan fingerprint density at radius 1 is 0.765 bits per heavy atom. The molecule has 0 bridgehead atoms. The average molecular weight is 219 g/mol. The molecule has 1 unspecified atom stereocenters. The van der Waals surface area contributed by atoms with Gasteiger partial charge >= 0.3 is 0 Å². The van der Waals surface area contributed by atoms with Gasteiger partial charge in [-0.05, 0) is 47.4 Å². The molecule has 0 saturated heterocycles. The molecule has 0 spiro atoms. The number of hydrogen-bond acceptors (Lipinski definition) is 0. The van der Waals surface area contributed by atoms with Gasteiger partial charge < -0.3 is 0 Å². The van der Waals surface area contributed by atoms with Crippen LogP contribution >= 0.6 is 0 Å². The molecular formula is C17H15. The van der Waals surface area contributed by atoms with E-state index in [-0.39, 0.29) is 0 Å². The fourth-order valence-corrected chi connectivity index (χ4v) is 3.39. The van der Waals surface area contributed by atoms with Gasteiger partial charge in [0.2, 0.25) is 0 Å². The second-order valence-corrected chi connectivity index (χ2v) is 5.14. The molecule has 0 amide bonds. The molecule has 0 aliphatic heterocycles. The van der Waals surface area contributed by atoms with Crippen LogP contribution in [0, 0.1) is 5.92 Å². The predicted molar refractivity (Wildman–Crippen MR) is 70.0 cm³/mol. The monoisotopic (exact) mass is 219 g/mol. The lowest BCUT2D eigenvalue weighted by Crippen LogP contribution is -2.23. The average Bonchev–Trinajstić information content (AvgIpc) is 2.75. The van der Waals surface area contributed by atoms with Gasteiger partial charge in [-0.25, -0.2) is 0 Å². The summed E-state index contributed by atoms with van der Waals surface area (Å²) in [7, 11) is 0. The molecule has 2 aliphatic rings. The van der Waals surface area contributed by atoms with E-state index in [1.165, 1.54) is 24.8 Å². The molecule has 83 valence electrons. The standard InChI is InChI=1S/C17H15/c1-3-7-14-12(5-1)9-10-16(14)17-11-13-6-2-4-8-15(13)17/h1-8,17H,9-11H2. The second-order valence-electron chi connectivity index (χ2n) is 5.14.